The first-order valence-electron chi connectivity index (χ1n) is 7.93. The first kappa shape index (κ1) is 19.2. The standard InChI is InChI=1S/C18H23N3O3S/c1-12(22)8-15-9-14(6-7-20-15)16-10-19-11-17(13(16)2)25(23,24)21-18(3,4)5/h6-7,9-11,21H,8H2,1-5H3. The average Bonchev–Trinajstić information content (AvgIpc) is 2.44. The Kier molecular flexibility index (Phi) is 5.39. The lowest BCUT2D eigenvalue weighted by Crippen LogP contribution is -2.40. The van der Waals surface area contributed by atoms with Crippen molar-refractivity contribution in [2.45, 2.75) is 51.5 Å². The molecule has 2 heterocycles. The third kappa shape index (κ3) is 4.93. The zero-order chi connectivity index (χ0) is 18.8. The summed E-state index contributed by atoms with van der Waals surface area (Å²) in [7, 11) is -3.69. The minimum Gasteiger partial charge on any atom is -0.300 e. The van der Waals surface area contributed by atoms with E-state index in [0.29, 0.717) is 16.8 Å². The molecule has 0 amide bonds. The summed E-state index contributed by atoms with van der Waals surface area (Å²) in [5, 5.41) is 0. The van der Waals surface area contributed by atoms with E-state index < -0.39 is 15.6 Å². The van der Waals surface area contributed by atoms with Crippen LogP contribution in [0.4, 0.5) is 0 Å². The van der Waals surface area contributed by atoms with Crippen molar-refractivity contribution in [3.8, 4) is 11.1 Å². The SMILES string of the molecule is CC(=O)Cc1cc(-c2cncc(S(=O)(=O)NC(C)(C)C)c2C)ccn1. The maximum Gasteiger partial charge on any atom is 0.242 e. The average molecular weight is 361 g/mol. The number of carbonyl (C=O) groups is 1. The molecule has 0 saturated heterocycles. The number of carbonyl (C=O) groups excluding carboxylic acids is 1. The summed E-state index contributed by atoms with van der Waals surface area (Å²) in [5.74, 6) is 0.0187. The van der Waals surface area contributed by atoms with Crippen LogP contribution in [0.1, 0.15) is 39.0 Å². The zero-order valence-electron chi connectivity index (χ0n) is 15.1. The Labute approximate surface area is 148 Å². The summed E-state index contributed by atoms with van der Waals surface area (Å²) in [5.41, 5.74) is 2.14. The van der Waals surface area contributed by atoms with Crippen LogP contribution in [0.2, 0.25) is 0 Å². The highest BCUT2D eigenvalue weighted by Gasteiger charge is 2.25. The van der Waals surface area contributed by atoms with Crippen LogP contribution in [-0.4, -0.2) is 29.7 Å². The van der Waals surface area contributed by atoms with Gasteiger partial charge in [0.1, 0.15) is 10.7 Å². The maximum absolute atomic E-state index is 12.7. The molecule has 0 aliphatic carbocycles. The lowest BCUT2D eigenvalue weighted by Gasteiger charge is -2.21. The van der Waals surface area contributed by atoms with Gasteiger partial charge in [0.2, 0.25) is 10.0 Å². The van der Waals surface area contributed by atoms with Gasteiger partial charge in [0, 0.05) is 41.8 Å². The number of ketones is 1. The fourth-order valence-corrected chi connectivity index (χ4v) is 4.15. The minimum absolute atomic E-state index is 0.0187. The number of rotatable bonds is 5. The van der Waals surface area contributed by atoms with Crippen molar-refractivity contribution >= 4 is 15.8 Å². The van der Waals surface area contributed by atoms with Crippen molar-refractivity contribution in [2.24, 2.45) is 0 Å². The monoisotopic (exact) mass is 361 g/mol. The van der Waals surface area contributed by atoms with Crippen molar-refractivity contribution in [1.82, 2.24) is 14.7 Å². The topological polar surface area (TPSA) is 89.0 Å². The van der Waals surface area contributed by atoms with Crippen LogP contribution in [0, 0.1) is 6.92 Å². The Morgan fingerprint density at radius 3 is 2.52 bits per heavy atom. The number of Topliss-reactive ketones (excluding diaryl/α,β-unsaturated/α-hetero) is 1. The van der Waals surface area contributed by atoms with Crippen LogP contribution in [0.5, 0.6) is 0 Å². The summed E-state index contributed by atoms with van der Waals surface area (Å²) in [4.78, 5) is 19.7. The Balaban J connectivity index is 2.51. The van der Waals surface area contributed by atoms with E-state index in [-0.39, 0.29) is 17.1 Å². The predicted octanol–water partition coefficient (Wildman–Crippen LogP) is 2.66. The van der Waals surface area contributed by atoms with Gasteiger partial charge in [-0.2, -0.15) is 0 Å². The van der Waals surface area contributed by atoms with E-state index in [0.717, 1.165) is 5.56 Å². The van der Waals surface area contributed by atoms with E-state index in [2.05, 4.69) is 14.7 Å². The third-order valence-corrected chi connectivity index (χ3v) is 5.33. The van der Waals surface area contributed by atoms with Crippen LogP contribution in [0.15, 0.2) is 35.6 Å². The van der Waals surface area contributed by atoms with Gasteiger partial charge in [-0.3, -0.25) is 14.8 Å². The molecule has 0 unspecified atom stereocenters. The quantitative estimate of drug-likeness (QED) is 0.884. The molecule has 0 bridgehead atoms. The van der Waals surface area contributed by atoms with Gasteiger partial charge >= 0.3 is 0 Å². The van der Waals surface area contributed by atoms with E-state index in [1.54, 1.807) is 52.2 Å². The fraction of sp³-hybridized carbons (Fsp3) is 0.389. The molecule has 7 heteroatoms. The molecule has 2 aromatic heterocycles. The van der Waals surface area contributed by atoms with Crippen molar-refractivity contribution < 1.29 is 13.2 Å². The Morgan fingerprint density at radius 1 is 1.24 bits per heavy atom. The number of nitrogens with zero attached hydrogens (tertiary/aromatic N) is 2. The number of sulfonamides is 1. The van der Waals surface area contributed by atoms with Crippen LogP contribution in [0.25, 0.3) is 11.1 Å². The first-order valence-corrected chi connectivity index (χ1v) is 9.41. The van der Waals surface area contributed by atoms with E-state index in [4.69, 9.17) is 0 Å². The molecule has 0 aliphatic rings. The molecular weight excluding hydrogens is 338 g/mol. The summed E-state index contributed by atoms with van der Waals surface area (Å²) < 4.78 is 28.0. The normalized spacial score (nSPS) is 12.2. The van der Waals surface area contributed by atoms with E-state index in [9.17, 15) is 13.2 Å². The fourth-order valence-electron chi connectivity index (χ4n) is 2.52. The third-order valence-electron chi connectivity index (χ3n) is 3.46. The van der Waals surface area contributed by atoms with Crippen molar-refractivity contribution in [3.05, 3.63) is 42.0 Å². The molecular formula is C18H23N3O3S. The second-order valence-electron chi connectivity index (χ2n) is 7.08. The minimum atomic E-state index is -3.69. The van der Waals surface area contributed by atoms with Gasteiger partial charge in [-0.25, -0.2) is 13.1 Å². The molecule has 134 valence electrons. The molecule has 0 aromatic carbocycles. The number of pyridine rings is 2. The van der Waals surface area contributed by atoms with E-state index in [1.807, 2.05) is 0 Å². The first-order chi connectivity index (χ1) is 11.5. The Hall–Kier alpha value is -2.12. The van der Waals surface area contributed by atoms with Gasteiger partial charge in [0.05, 0.1) is 0 Å². The van der Waals surface area contributed by atoms with Crippen molar-refractivity contribution in [3.63, 3.8) is 0 Å². The van der Waals surface area contributed by atoms with E-state index in [1.165, 1.54) is 13.1 Å². The zero-order valence-corrected chi connectivity index (χ0v) is 15.9. The van der Waals surface area contributed by atoms with Gasteiger partial charge in [0.25, 0.3) is 0 Å². The Morgan fingerprint density at radius 2 is 1.92 bits per heavy atom. The lowest BCUT2D eigenvalue weighted by molar-refractivity contribution is -0.116. The molecule has 0 saturated carbocycles. The van der Waals surface area contributed by atoms with Gasteiger partial charge in [-0.1, -0.05) is 0 Å². The van der Waals surface area contributed by atoms with Crippen LogP contribution < -0.4 is 4.72 Å². The predicted molar refractivity (Wildman–Crippen MR) is 96.7 cm³/mol. The maximum atomic E-state index is 12.7. The second kappa shape index (κ2) is 7.01. The molecule has 0 fully saturated rings. The highest BCUT2D eigenvalue weighted by Crippen LogP contribution is 2.27. The van der Waals surface area contributed by atoms with Crippen LogP contribution in [0.3, 0.4) is 0 Å². The molecule has 1 N–H and O–H groups in total. The van der Waals surface area contributed by atoms with Crippen LogP contribution in [-0.2, 0) is 21.2 Å². The second-order valence-corrected chi connectivity index (χ2v) is 8.73. The van der Waals surface area contributed by atoms with Gasteiger partial charge in [-0.15, -0.1) is 0 Å². The Bertz CT molecular complexity index is 900. The number of hydrogen-bond acceptors (Lipinski definition) is 5. The highest BCUT2D eigenvalue weighted by molar-refractivity contribution is 7.89. The lowest BCUT2D eigenvalue weighted by atomic mass is 10.0. The largest absolute Gasteiger partial charge is 0.300 e. The molecule has 0 radical (unpaired) electrons. The summed E-state index contributed by atoms with van der Waals surface area (Å²) in [6, 6.07) is 3.57. The van der Waals surface area contributed by atoms with Crippen LogP contribution >= 0.6 is 0 Å². The summed E-state index contributed by atoms with van der Waals surface area (Å²) in [6.45, 7) is 8.61. The molecule has 25 heavy (non-hydrogen) atoms. The molecule has 2 aromatic rings. The van der Waals surface area contributed by atoms with Gasteiger partial charge in [0.15, 0.2) is 0 Å². The smallest absolute Gasteiger partial charge is 0.242 e. The van der Waals surface area contributed by atoms with Gasteiger partial charge in [-0.05, 0) is 57.9 Å². The number of nitrogens with one attached hydrogen (secondary N) is 1. The summed E-state index contributed by atoms with van der Waals surface area (Å²) >= 11 is 0. The highest BCUT2D eigenvalue weighted by atomic mass is 32.2. The van der Waals surface area contributed by atoms with Gasteiger partial charge < -0.3 is 0 Å². The molecule has 6 nitrogen and oxygen atoms in total. The number of aromatic nitrogens is 2. The molecule has 0 aliphatic heterocycles. The molecule has 0 atom stereocenters. The summed E-state index contributed by atoms with van der Waals surface area (Å²) in [6.07, 6.45) is 4.83. The molecule has 0 spiro atoms. The van der Waals surface area contributed by atoms with Crippen molar-refractivity contribution in [2.75, 3.05) is 0 Å². The van der Waals surface area contributed by atoms with Crippen molar-refractivity contribution in [1.29, 1.82) is 0 Å². The number of hydrogen-bond donors (Lipinski definition) is 1. The molecule has 2 rings (SSSR count). The van der Waals surface area contributed by atoms with E-state index >= 15 is 0 Å².